The summed E-state index contributed by atoms with van der Waals surface area (Å²) < 4.78 is 40.6. The van der Waals surface area contributed by atoms with Crippen molar-refractivity contribution in [3.8, 4) is 5.75 Å². The van der Waals surface area contributed by atoms with Crippen LogP contribution in [0, 0.1) is 5.92 Å². The van der Waals surface area contributed by atoms with E-state index in [0.29, 0.717) is 37.2 Å². The summed E-state index contributed by atoms with van der Waals surface area (Å²) in [5, 5.41) is 4.62. The number of benzene rings is 3. The van der Waals surface area contributed by atoms with Crippen molar-refractivity contribution in [1.82, 2.24) is 4.90 Å². The molecule has 1 fully saturated rings. The first kappa shape index (κ1) is 21.7. The monoisotopic (exact) mass is 442 g/mol. The molecular weight excluding hydrogens is 421 g/mol. The number of anilines is 1. The van der Waals surface area contributed by atoms with Gasteiger partial charge < -0.3 is 15.0 Å². The summed E-state index contributed by atoms with van der Waals surface area (Å²) in [6.45, 7) is 0.914. The highest BCUT2D eigenvalue weighted by atomic mass is 19.4. The SMILES string of the molecule is O=C(Nc1ccc(OC(F)(F)F)cc1)C1CCN(C(=O)c2cccc3ccccc23)CC1. The summed E-state index contributed by atoms with van der Waals surface area (Å²) >= 11 is 0. The number of likely N-dealkylation sites (tertiary alicyclic amines) is 1. The Morgan fingerprint density at radius 3 is 2.25 bits per heavy atom. The molecule has 0 bridgehead atoms. The number of carbonyl (C=O) groups excluding carboxylic acids is 2. The number of alkyl halides is 3. The molecule has 0 spiro atoms. The fourth-order valence-electron chi connectivity index (χ4n) is 3.91. The maximum Gasteiger partial charge on any atom is 0.573 e. The van der Waals surface area contributed by atoms with Crippen LogP contribution in [0.5, 0.6) is 5.75 Å². The van der Waals surface area contributed by atoms with Gasteiger partial charge in [-0.3, -0.25) is 9.59 Å². The summed E-state index contributed by atoms with van der Waals surface area (Å²) in [5.41, 5.74) is 1.03. The van der Waals surface area contributed by atoms with E-state index >= 15 is 0 Å². The van der Waals surface area contributed by atoms with Gasteiger partial charge in [0.05, 0.1) is 0 Å². The van der Waals surface area contributed by atoms with Gasteiger partial charge in [-0.25, -0.2) is 0 Å². The number of piperidine rings is 1. The summed E-state index contributed by atoms with van der Waals surface area (Å²) in [5.74, 6) is -0.902. The fourth-order valence-corrected chi connectivity index (χ4v) is 3.91. The number of nitrogens with one attached hydrogen (secondary N) is 1. The molecule has 8 heteroatoms. The minimum absolute atomic E-state index is 0.0547. The molecule has 5 nitrogen and oxygen atoms in total. The summed E-state index contributed by atoms with van der Waals surface area (Å²) in [6.07, 6.45) is -3.74. The predicted molar refractivity (Wildman–Crippen MR) is 114 cm³/mol. The van der Waals surface area contributed by atoms with E-state index in [1.54, 1.807) is 4.90 Å². The highest BCUT2D eigenvalue weighted by Gasteiger charge is 2.31. The molecule has 3 aromatic rings. The van der Waals surface area contributed by atoms with Gasteiger partial charge in [0, 0.05) is 30.3 Å². The average molecular weight is 442 g/mol. The van der Waals surface area contributed by atoms with Crippen LogP contribution >= 0.6 is 0 Å². The van der Waals surface area contributed by atoms with E-state index in [1.165, 1.54) is 12.1 Å². The molecule has 4 rings (SSSR count). The average Bonchev–Trinajstić information content (AvgIpc) is 2.78. The lowest BCUT2D eigenvalue weighted by Crippen LogP contribution is -2.41. The normalized spacial score (nSPS) is 14.9. The third-order valence-electron chi connectivity index (χ3n) is 5.53. The van der Waals surface area contributed by atoms with E-state index in [4.69, 9.17) is 0 Å². The van der Waals surface area contributed by atoms with Gasteiger partial charge >= 0.3 is 6.36 Å². The molecule has 1 heterocycles. The van der Waals surface area contributed by atoms with Crippen molar-refractivity contribution in [2.24, 2.45) is 5.92 Å². The van der Waals surface area contributed by atoms with Crippen LogP contribution in [0.15, 0.2) is 66.7 Å². The molecule has 1 aliphatic rings. The minimum atomic E-state index is -4.76. The van der Waals surface area contributed by atoms with Gasteiger partial charge in [-0.2, -0.15) is 0 Å². The second-order valence-corrected chi connectivity index (χ2v) is 7.65. The number of hydrogen-bond donors (Lipinski definition) is 1. The zero-order valence-corrected chi connectivity index (χ0v) is 17.1. The zero-order chi connectivity index (χ0) is 22.7. The topological polar surface area (TPSA) is 58.6 Å². The molecule has 2 amide bonds. The van der Waals surface area contributed by atoms with E-state index in [1.807, 2.05) is 42.5 Å². The van der Waals surface area contributed by atoms with Crippen molar-refractivity contribution in [1.29, 1.82) is 0 Å². The van der Waals surface area contributed by atoms with Crippen molar-refractivity contribution >= 4 is 28.3 Å². The van der Waals surface area contributed by atoms with Gasteiger partial charge in [0.1, 0.15) is 5.75 Å². The first-order chi connectivity index (χ1) is 15.3. The summed E-state index contributed by atoms with van der Waals surface area (Å²) in [4.78, 5) is 27.4. The number of amides is 2. The van der Waals surface area contributed by atoms with Gasteiger partial charge in [0.15, 0.2) is 0 Å². The summed E-state index contributed by atoms with van der Waals surface area (Å²) in [6, 6.07) is 18.4. The van der Waals surface area contributed by atoms with E-state index in [-0.39, 0.29) is 23.5 Å². The molecule has 1 saturated heterocycles. The number of nitrogens with zero attached hydrogens (tertiary/aromatic N) is 1. The standard InChI is InChI=1S/C24H21F3N2O3/c25-24(26,27)32-19-10-8-18(9-11-19)28-22(30)17-12-14-29(15-13-17)23(31)21-7-3-5-16-4-1-2-6-20(16)21/h1-11,17H,12-15H2,(H,28,30). The number of rotatable bonds is 4. The molecule has 166 valence electrons. The maximum absolute atomic E-state index is 13.0. The zero-order valence-electron chi connectivity index (χ0n) is 17.1. The molecule has 0 aromatic heterocycles. The van der Waals surface area contributed by atoms with Crippen LogP contribution in [0.25, 0.3) is 10.8 Å². The smallest absolute Gasteiger partial charge is 0.406 e. The highest BCUT2D eigenvalue weighted by molar-refractivity contribution is 6.07. The van der Waals surface area contributed by atoms with Gasteiger partial charge in [-0.1, -0.05) is 36.4 Å². The molecular formula is C24H21F3N2O3. The first-order valence-corrected chi connectivity index (χ1v) is 10.2. The highest BCUT2D eigenvalue weighted by Crippen LogP contribution is 2.26. The number of fused-ring (bicyclic) bond motifs is 1. The number of hydrogen-bond acceptors (Lipinski definition) is 3. The minimum Gasteiger partial charge on any atom is -0.406 e. The van der Waals surface area contributed by atoms with Crippen LogP contribution in [0.2, 0.25) is 0 Å². The molecule has 0 radical (unpaired) electrons. The molecule has 3 aromatic carbocycles. The van der Waals surface area contributed by atoms with Crippen LogP contribution in [0.1, 0.15) is 23.2 Å². The van der Waals surface area contributed by atoms with Crippen molar-refractivity contribution in [3.05, 3.63) is 72.3 Å². The van der Waals surface area contributed by atoms with Crippen LogP contribution in [0.4, 0.5) is 18.9 Å². The Labute approximate surface area is 182 Å². The molecule has 0 atom stereocenters. The van der Waals surface area contributed by atoms with E-state index in [2.05, 4.69) is 10.1 Å². The predicted octanol–water partition coefficient (Wildman–Crippen LogP) is 5.23. The molecule has 32 heavy (non-hydrogen) atoms. The first-order valence-electron chi connectivity index (χ1n) is 10.2. The van der Waals surface area contributed by atoms with Crippen LogP contribution in [-0.2, 0) is 4.79 Å². The van der Waals surface area contributed by atoms with Crippen LogP contribution < -0.4 is 10.1 Å². The molecule has 1 aliphatic heterocycles. The third kappa shape index (κ3) is 5.01. The lowest BCUT2D eigenvalue weighted by molar-refractivity contribution is -0.274. The Kier molecular flexibility index (Phi) is 6.03. The lowest BCUT2D eigenvalue weighted by Gasteiger charge is -2.31. The van der Waals surface area contributed by atoms with Crippen molar-refractivity contribution < 1.29 is 27.5 Å². The molecule has 1 N–H and O–H groups in total. The second kappa shape index (κ2) is 8.90. The Hall–Kier alpha value is -3.55. The Morgan fingerprint density at radius 2 is 1.56 bits per heavy atom. The van der Waals surface area contributed by atoms with Crippen LogP contribution in [-0.4, -0.2) is 36.2 Å². The lowest BCUT2D eigenvalue weighted by atomic mass is 9.94. The van der Waals surface area contributed by atoms with E-state index in [0.717, 1.165) is 22.9 Å². The molecule has 0 saturated carbocycles. The van der Waals surface area contributed by atoms with Crippen molar-refractivity contribution in [3.63, 3.8) is 0 Å². The maximum atomic E-state index is 13.0. The quantitative estimate of drug-likeness (QED) is 0.602. The number of ether oxygens (including phenoxy) is 1. The van der Waals surface area contributed by atoms with E-state index in [9.17, 15) is 22.8 Å². The van der Waals surface area contributed by atoms with Gasteiger partial charge in [0.25, 0.3) is 5.91 Å². The number of carbonyl (C=O) groups is 2. The van der Waals surface area contributed by atoms with Crippen molar-refractivity contribution in [2.45, 2.75) is 19.2 Å². The van der Waals surface area contributed by atoms with Crippen LogP contribution in [0.3, 0.4) is 0 Å². The Morgan fingerprint density at radius 1 is 0.906 bits per heavy atom. The van der Waals surface area contributed by atoms with Gasteiger partial charge in [-0.05, 0) is 53.9 Å². The van der Waals surface area contributed by atoms with Gasteiger partial charge in [0.2, 0.25) is 5.91 Å². The second-order valence-electron chi connectivity index (χ2n) is 7.65. The Bertz CT molecular complexity index is 1120. The number of halogens is 3. The fraction of sp³-hybridized carbons (Fsp3) is 0.250. The van der Waals surface area contributed by atoms with E-state index < -0.39 is 6.36 Å². The third-order valence-corrected chi connectivity index (χ3v) is 5.53. The molecule has 0 aliphatic carbocycles. The Balaban J connectivity index is 1.34. The molecule has 0 unspecified atom stereocenters. The van der Waals surface area contributed by atoms with Crippen molar-refractivity contribution in [2.75, 3.05) is 18.4 Å². The van der Waals surface area contributed by atoms with Gasteiger partial charge in [-0.15, -0.1) is 13.2 Å². The summed E-state index contributed by atoms with van der Waals surface area (Å²) in [7, 11) is 0. The largest absolute Gasteiger partial charge is 0.573 e.